The number of benzene rings is 1. The highest BCUT2D eigenvalue weighted by Crippen LogP contribution is 2.14. The van der Waals surface area contributed by atoms with E-state index < -0.39 is 0 Å². The van der Waals surface area contributed by atoms with Crippen molar-refractivity contribution in [2.75, 3.05) is 6.54 Å². The van der Waals surface area contributed by atoms with E-state index in [2.05, 4.69) is 10.3 Å². The van der Waals surface area contributed by atoms with E-state index in [0.29, 0.717) is 18.8 Å². The molecule has 2 aromatic rings. The van der Waals surface area contributed by atoms with Crippen LogP contribution in [0.4, 0.5) is 0 Å². The van der Waals surface area contributed by atoms with E-state index in [1.54, 1.807) is 5.38 Å². The number of amides is 1. The molecule has 0 aliphatic rings. The van der Waals surface area contributed by atoms with Gasteiger partial charge in [0, 0.05) is 11.9 Å². The number of halogens is 1. The maximum atomic E-state index is 11.9. The first-order valence-corrected chi connectivity index (χ1v) is 7.62. The molecule has 0 saturated carbocycles. The third-order valence-corrected chi connectivity index (χ3v) is 3.71. The fourth-order valence-corrected chi connectivity index (χ4v) is 2.45. The van der Waals surface area contributed by atoms with Gasteiger partial charge in [-0.05, 0) is 31.5 Å². The summed E-state index contributed by atoms with van der Waals surface area (Å²) >= 11 is 1.39. The molecule has 1 aromatic heterocycles. The van der Waals surface area contributed by atoms with Crippen LogP contribution in [0.5, 0.6) is 5.75 Å². The minimum atomic E-state index is -0.203. The quantitative estimate of drug-likeness (QED) is 0.846. The van der Waals surface area contributed by atoms with Crippen LogP contribution in [0.3, 0.4) is 0 Å². The van der Waals surface area contributed by atoms with Gasteiger partial charge in [0.2, 0.25) is 0 Å². The standard InChI is InChI=1S/C15H19N3O2S.ClH/c1-10-4-3-5-12(6-10)20-11(2)8-17-15(19)13-9-21-14(7-16)18-13;/h3-6,9,11H,7-8,16H2,1-2H3,(H,17,19);1H. The Labute approximate surface area is 140 Å². The number of thiazole rings is 1. The lowest BCUT2D eigenvalue weighted by Gasteiger charge is -2.15. The average molecular weight is 342 g/mol. The lowest BCUT2D eigenvalue weighted by molar-refractivity contribution is 0.0927. The summed E-state index contributed by atoms with van der Waals surface area (Å²) in [6.45, 7) is 4.69. The Hall–Kier alpha value is -1.63. The highest BCUT2D eigenvalue weighted by atomic mass is 35.5. The van der Waals surface area contributed by atoms with Gasteiger partial charge in [-0.2, -0.15) is 0 Å². The maximum Gasteiger partial charge on any atom is 0.270 e. The van der Waals surface area contributed by atoms with Crippen LogP contribution in [0.25, 0.3) is 0 Å². The Morgan fingerprint density at radius 3 is 2.91 bits per heavy atom. The van der Waals surface area contributed by atoms with Crippen molar-refractivity contribution in [3.05, 3.63) is 45.9 Å². The van der Waals surface area contributed by atoms with E-state index in [-0.39, 0.29) is 24.4 Å². The third kappa shape index (κ3) is 5.29. The molecule has 0 aliphatic heterocycles. The Balaban J connectivity index is 0.00000242. The Kier molecular flexibility index (Phi) is 7.31. The molecule has 0 aliphatic carbocycles. The van der Waals surface area contributed by atoms with Gasteiger partial charge in [-0.25, -0.2) is 4.98 Å². The average Bonchev–Trinajstić information content (AvgIpc) is 2.94. The van der Waals surface area contributed by atoms with Gasteiger partial charge in [0.1, 0.15) is 22.6 Å². The van der Waals surface area contributed by atoms with Crippen molar-refractivity contribution in [1.29, 1.82) is 0 Å². The highest BCUT2D eigenvalue weighted by Gasteiger charge is 2.12. The molecule has 3 N–H and O–H groups in total. The summed E-state index contributed by atoms with van der Waals surface area (Å²) < 4.78 is 5.76. The Bertz CT molecular complexity index is 618. The molecule has 1 heterocycles. The van der Waals surface area contributed by atoms with Crippen LogP contribution in [-0.4, -0.2) is 23.5 Å². The number of carbonyl (C=O) groups is 1. The molecule has 0 fully saturated rings. The van der Waals surface area contributed by atoms with E-state index in [1.165, 1.54) is 11.3 Å². The highest BCUT2D eigenvalue weighted by molar-refractivity contribution is 7.09. The number of rotatable bonds is 6. The molecule has 1 aromatic carbocycles. The normalized spacial score (nSPS) is 11.4. The first-order chi connectivity index (χ1) is 10.1. The number of carbonyl (C=O) groups excluding carboxylic acids is 1. The van der Waals surface area contributed by atoms with Gasteiger partial charge in [-0.3, -0.25) is 4.79 Å². The molecular formula is C15H20ClN3O2S. The van der Waals surface area contributed by atoms with E-state index in [4.69, 9.17) is 10.5 Å². The maximum absolute atomic E-state index is 11.9. The van der Waals surface area contributed by atoms with Crippen molar-refractivity contribution in [1.82, 2.24) is 10.3 Å². The summed E-state index contributed by atoms with van der Waals surface area (Å²) in [5.74, 6) is 0.599. The molecule has 0 radical (unpaired) electrons. The van der Waals surface area contributed by atoms with Crippen molar-refractivity contribution in [3.8, 4) is 5.75 Å². The van der Waals surface area contributed by atoms with E-state index in [9.17, 15) is 4.79 Å². The summed E-state index contributed by atoms with van der Waals surface area (Å²) in [7, 11) is 0. The van der Waals surface area contributed by atoms with Gasteiger partial charge >= 0.3 is 0 Å². The molecule has 0 saturated heterocycles. The second-order valence-corrected chi connectivity index (χ2v) is 5.73. The van der Waals surface area contributed by atoms with E-state index in [1.807, 2.05) is 38.1 Å². The van der Waals surface area contributed by atoms with Crippen molar-refractivity contribution < 1.29 is 9.53 Å². The number of hydrogen-bond donors (Lipinski definition) is 2. The molecule has 1 amide bonds. The van der Waals surface area contributed by atoms with Gasteiger partial charge in [0.05, 0.1) is 6.54 Å². The molecule has 5 nitrogen and oxygen atoms in total. The molecule has 1 unspecified atom stereocenters. The van der Waals surface area contributed by atoms with Crippen LogP contribution in [0.2, 0.25) is 0 Å². The van der Waals surface area contributed by atoms with Crippen LogP contribution in [0, 0.1) is 6.92 Å². The zero-order chi connectivity index (χ0) is 15.2. The summed E-state index contributed by atoms with van der Waals surface area (Å²) in [5.41, 5.74) is 7.02. The fourth-order valence-electron chi connectivity index (χ4n) is 1.80. The zero-order valence-corrected chi connectivity index (χ0v) is 14.2. The number of aryl methyl sites for hydroxylation is 1. The third-order valence-electron chi connectivity index (χ3n) is 2.84. The first kappa shape index (κ1) is 18.4. The Morgan fingerprint density at radius 2 is 2.27 bits per heavy atom. The minimum Gasteiger partial charge on any atom is -0.489 e. The lowest BCUT2D eigenvalue weighted by Crippen LogP contribution is -2.33. The molecule has 7 heteroatoms. The van der Waals surface area contributed by atoms with Gasteiger partial charge in [-0.1, -0.05) is 12.1 Å². The van der Waals surface area contributed by atoms with Crippen LogP contribution in [0.1, 0.15) is 28.0 Å². The summed E-state index contributed by atoms with van der Waals surface area (Å²) in [6, 6.07) is 7.82. The van der Waals surface area contributed by atoms with Crippen LogP contribution in [0.15, 0.2) is 29.6 Å². The smallest absolute Gasteiger partial charge is 0.270 e. The molecule has 22 heavy (non-hydrogen) atoms. The number of aromatic nitrogens is 1. The van der Waals surface area contributed by atoms with E-state index in [0.717, 1.165) is 16.3 Å². The van der Waals surface area contributed by atoms with Gasteiger partial charge in [0.25, 0.3) is 5.91 Å². The minimum absolute atomic E-state index is 0. The second-order valence-electron chi connectivity index (χ2n) is 4.79. The monoisotopic (exact) mass is 341 g/mol. The number of ether oxygens (including phenoxy) is 1. The van der Waals surface area contributed by atoms with Crippen LogP contribution < -0.4 is 15.8 Å². The predicted octanol–water partition coefficient (Wildman–Crippen LogP) is 2.53. The Morgan fingerprint density at radius 1 is 1.50 bits per heavy atom. The fraction of sp³-hybridized carbons (Fsp3) is 0.333. The molecular weight excluding hydrogens is 322 g/mol. The van der Waals surface area contributed by atoms with Crippen molar-refractivity contribution in [3.63, 3.8) is 0 Å². The SMILES string of the molecule is Cc1cccc(OC(C)CNC(=O)c2csc(CN)n2)c1.Cl. The van der Waals surface area contributed by atoms with Crippen LogP contribution >= 0.6 is 23.7 Å². The number of nitrogens with one attached hydrogen (secondary N) is 1. The summed E-state index contributed by atoms with van der Waals surface area (Å²) in [4.78, 5) is 16.1. The number of nitrogens with zero attached hydrogens (tertiary/aromatic N) is 1. The van der Waals surface area contributed by atoms with Gasteiger partial charge in [-0.15, -0.1) is 23.7 Å². The van der Waals surface area contributed by atoms with Crippen molar-refractivity contribution in [2.45, 2.75) is 26.5 Å². The topological polar surface area (TPSA) is 77.2 Å². The summed E-state index contributed by atoms with van der Waals surface area (Å²) in [6.07, 6.45) is -0.122. The molecule has 120 valence electrons. The van der Waals surface area contributed by atoms with Gasteiger partial charge in [0.15, 0.2) is 0 Å². The molecule has 0 spiro atoms. The zero-order valence-electron chi connectivity index (χ0n) is 12.5. The van der Waals surface area contributed by atoms with Crippen LogP contribution in [-0.2, 0) is 6.54 Å². The van der Waals surface area contributed by atoms with Gasteiger partial charge < -0.3 is 15.8 Å². The van der Waals surface area contributed by atoms with Crippen molar-refractivity contribution in [2.24, 2.45) is 5.73 Å². The van der Waals surface area contributed by atoms with Crippen molar-refractivity contribution >= 4 is 29.7 Å². The summed E-state index contributed by atoms with van der Waals surface area (Å²) in [5, 5.41) is 5.28. The molecule has 1 atom stereocenters. The second kappa shape index (κ2) is 8.73. The van der Waals surface area contributed by atoms with E-state index >= 15 is 0 Å². The molecule has 2 rings (SSSR count). The number of hydrogen-bond acceptors (Lipinski definition) is 5. The predicted molar refractivity (Wildman–Crippen MR) is 90.9 cm³/mol. The first-order valence-electron chi connectivity index (χ1n) is 6.74. The lowest BCUT2D eigenvalue weighted by atomic mass is 10.2. The largest absolute Gasteiger partial charge is 0.489 e. The molecule has 0 bridgehead atoms. The number of nitrogens with two attached hydrogens (primary N) is 1.